The molecule has 5 nitrogen and oxygen atoms in total. The predicted octanol–water partition coefficient (Wildman–Crippen LogP) is 3.98. The van der Waals surface area contributed by atoms with Crippen LogP contribution < -0.4 is 10.6 Å². The highest BCUT2D eigenvalue weighted by atomic mass is 79.9. The number of rotatable bonds is 4. The maximum atomic E-state index is 4.59. The monoisotopic (exact) mass is 345 g/mol. The molecule has 0 saturated heterocycles. The Morgan fingerprint density at radius 1 is 1.33 bits per heavy atom. The van der Waals surface area contributed by atoms with Gasteiger partial charge in [-0.2, -0.15) is 0 Å². The van der Waals surface area contributed by atoms with Gasteiger partial charge in [-0.05, 0) is 31.5 Å². The van der Waals surface area contributed by atoms with Crippen LogP contribution in [0.3, 0.4) is 0 Å². The second-order valence-electron chi connectivity index (χ2n) is 4.75. The Morgan fingerprint density at radius 2 is 2.19 bits per heavy atom. The highest BCUT2D eigenvalue weighted by Crippen LogP contribution is 2.25. The molecule has 2 aromatic heterocycles. The molecule has 0 bridgehead atoms. The standard InChI is InChI=1S/C15H16BrN5/c1-3-17-13-9-21-7-6-18-15(21)14(20-13)19-11-5-4-10(2)12(16)8-11/h4-9,17H,3H2,1-2H3,(H,19,20). The molecule has 0 unspecified atom stereocenters. The molecule has 0 aliphatic carbocycles. The van der Waals surface area contributed by atoms with Gasteiger partial charge >= 0.3 is 0 Å². The van der Waals surface area contributed by atoms with Crippen molar-refractivity contribution in [2.24, 2.45) is 0 Å². The number of aryl methyl sites for hydroxylation is 1. The zero-order valence-corrected chi connectivity index (χ0v) is 13.5. The van der Waals surface area contributed by atoms with E-state index < -0.39 is 0 Å². The second-order valence-corrected chi connectivity index (χ2v) is 5.61. The first kappa shape index (κ1) is 13.9. The van der Waals surface area contributed by atoms with Gasteiger partial charge in [0, 0.05) is 29.1 Å². The number of imidazole rings is 1. The zero-order chi connectivity index (χ0) is 14.8. The average Bonchev–Trinajstić information content (AvgIpc) is 2.92. The van der Waals surface area contributed by atoms with Gasteiger partial charge in [0.25, 0.3) is 0 Å². The first-order valence-corrected chi connectivity index (χ1v) is 7.57. The van der Waals surface area contributed by atoms with Crippen LogP contribution in [0.4, 0.5) is 17.3 Å². The SMILES string of the molecule is CCNc1cn2ccnc2c(Nc2ccc(C)c(Br)c2)n1. The van der Waals surface area contributed by atoms with Gasteiger partial charge in [-0.1, -0.05) is 22.0 Å². The van der Waals surface area contributed by atoms with Crippen molar-refractivity contribution in [1.82, 2.24) is 14.4 Å². The Hall–Kier alpha value is -2.08. The van der Waals surface area contributed by atoms with Gasteiger partial charge in [-0.3, -0.25) is 0 Å². The van der Waals surface area contributed by atoms with Crippen LogP contribution in [0.2, 0.25) is 0 Å². The van der Waals surface area contributed by atoms with Gasteiger partial charge in [0.15, 0.2) is 11.5 Å². The summed E-state index contributed by atoms with van der Waals surface area (Å²) in [5.41, 5.74) is 2.97. The van der Waals surface area contributed by atoms with Gasteiger partial charge in [-0.25, -0.2) is 9.97 Å². The molecule has 108 valence electrons. The van der Waals surface area contributed by atoms with Gasteiger partial charge in [0.2, 0.25) is 0 Å². The van der Waals surface area contributed by atoms with E-state index in [0.717, 1.165) is 34.0 Å². The largest absolute Gasteiger partial charge is 0.369 e. The van der Waals surface area contributed by atoms with E-state index >= 15 is 0 Å². The minimum absolute atomic E-state index is 0.731. The summed E-state index contributed by atoms with van der Waals surface area (Å²) in [6.07, 6.45) is 5.61. The summed E-state index contributed by atoms with van der Waals surface area (Å²) in [5, 5.41) is 6.56. The fourth-order valence-corrected chi connectivity index (χ4v) is 2.47. The number of benzene rings is 1. The molecule has 0 radical (unpaired) electrons. The van der Waals surface area contributed by atoms with Crippen LogP contribution in [-0.2, 0) is 0 Å². The molecule has 2 heterocycles. The predicted molar refractivity (Wildman–Crippen MR) is 89.3 cm³/mol. The molecule has 3 rings (SSSR count). The quantitative estimate of drug-likeness (QED) is 0.750. The Labute approximate surface area is 131 Å². The third-order valence-corrected chi connectivity index (χ3v) is 4.02. The molecule has 6 heteroatoms. The van der Waals surface area contributed by atoms with Crippen molar-refractivity contribution in [3.05, 3.63) is 46.8 Å². The molecule has 0 aliphatic rings. The first-order chi connectivity index (χ1) is 10.2. The van der Waals surface area contributed by atoms with E-state index in [4.69, 9.17) is 0 Å². The number of aromatic nitrogens is 3. The van der Waals surface area contributed by atoms with E-state index in [2.05, 4.69) is 49.5 Å². The number of nitrogens with one attached hydrogen (secondary N) is 2. The first-order valence-electron chi connectivity index (χ1n) is 6.78. The summed E-state index contributed by atoms with van der Waals surface area (Å²) in [6.45, 7) is 4.93. The Bertz CT molecular complexity index is 781. The molecule has 21 heavy (non-hydrogen) atoms. The molecular formula is C15H16BrN5. The second kappa shape index (κ2) is 5.73. The lowest BCUT2D eigenvalue weighted by atomic mass is 10.2. The summed E-state index contributed by atoms with van der Waals surface area (Å²) in [7, 11) is 0. The number of nitrogens with zero attached hydrogens (tertiary/aromatic N) is 3. The van der Waals surface area contributed by atoms with Crippen molar-refractivity contribution >= 4 is 38.9 Å². The summed E-state index contributed by atoms with van der Waals surface area (Å²) in [5.74, 6) is 1.55. The minimum atomic E-state index is 0.731. The molecular weight excluding hydrogens is 330 g/mol. The van der Waals surface area contributed by atoms with Gasteiger partial charge in [-0.15, -0.1) is 0 Å². The van der Waals surface area contributed by atoms with Crippen molar-refractivity contribution in [2.75, 3.05) is 17.2 Å². The van der Waals surface area contributed by atoms with E-state index in [0.29, 0.717) is 0 Å². The van der Waals surface area contributed by atoms with Crippen molar-refractivity contribution in [3.8, 4) is 0 Å². The van der Waals surface area contributed by atoms with Crippen LogP contribution in [0.1, 0.15) is 12.5 Å². The van der Waals surface area contributed by atoms with Gasteiger partial charge < -0.3 is 15.0 Å². The molecule has 3 aromatic rings. The van der Waals surface area contributed by atoms with Crippen LogP contribution in [-0.4, -0.2) is 20.9 Å². The number of hydrogen-bond acceptors (Lipinski definition) is 4. The topological polar surface area (TPSA) is 54.2 Å². The van der Waals surface area contributed by atoms with Crippen LogP contribution in [0.5, 0.6) is 0 Å². The lowest BCUT2D eigenvalue weighted by molar-refractivity contribution is 1.09. The maximum absolute atomic E-state index is 4.59. The molecule has 0 spiro atoms. The van der Waals surface area contributed by atoms with Crippen LogP contribution >= 0.6 is 15.9 Å². The Morgan fingerprint density at radius 3 is 2.95 bits per heavy atom. The number of hydrogen-bond donors (Lipinski definition) is 2. The van der Waals surface area contributed by atoms with Gasteiger partial charge in [0.1, 0.15) is 5.82 Å². The third-order valence-electron chi connectivity index (χ3n) is 3.17. The zero-order valence-electron chi connectivity index (χ0n) is 11.9. The lowest BCUT2D eigenvalue weighted by Gasteiger charge is -2.11. The van der Waals surface area contributed by atoms with E-state index in [9.17, 15) is 0 Å². The van der Waals surface area contributed by atoms with Crippen LogP contribution in [0.15, 0.2) is 41.3 Å². The number of fused-ring (bicyclic) bond motifs is 1. The number of halogens is 1. The summed E-state index contributed by atoms with van der Waals surface area (Å²) >= 11 is 3.55. The molecule has 2 N–H and O–H groups in total. The minimum Gasteiger partial charge on any atom is -0.369 e. The molecule has 0 amide bonds. The normalized spacial score (nSPS) is 10.8. The summed E-state index contributed by atoms with van der Waals surface area (Å²) < 4.78 is 3.02. The average molecular weight is 346 g/mol. The van der Waals surface area contributed by atoms with E-state index in [-0.39, 0.29) is 0 Å². The van der Waals surface area contributed by atoms with Crippen molar-refractivity contribution in [2.45, 2.75) is 13.8 Å². The molecule has 0 atom stereocenters. The van der Waals surface area contributed by atoms with Crippen LogP contribution in [0, 0.1) is 6.92 Å². The van der Waals surface area contributed by atoms with Crippen molar-refractivity contribution < 1.29 is 0 Å². The molecule has 0 saturated carbocycles. The highest BCUT2D eigenvalue weighted by Gasteiger charge is 2.08. The maximum Gasteiger partial charge on any atom is 0.180 e. The molecule has 0 aliphatic heterocycles. The summed E-state index contributed by atoms with van der Waals surface area (Å²) in [6, 6.07) is 6.13. The van der Waals surface area contributed by atoms with Gasteiger partial charge in [0.05, 0.1) is 6.20 Å². The van der Waals surface area contributed by atoms with E-state index in [1.165, 1.54) is 5.56 Å². The van der Waals surface area contributed by atoms with E-state index in [1.54, 1.807) is 6.20 Å². The van der Waals surface area contributed by atoms with Crippen molar-refractivity contribution in [3.63, 3.8) is 0 Å². The van der Waals surface area contributed by atoms with Crippen molar-refractivity contribution in [1.29, 1.82) is 0 Å². The highest BCUT2D eigenvalue weighted by molar-refractivity contribution is 9.10. The Kier molecular flexibility index (Phi) is 3.79. The Balaban J connectivity index is 2.01. The molecule has 1 aromatic carbocycles. The number of anilines is 3. The third kappa shape index (κ3) is 2.85. The molecule has 0 fully saturated rings. The fraction of sp³-hybridized carbons (Fsp3) is 0.200. The van der Waals surface area contributed by atoms with E-state index in [1.807, 2.05) is 35.9 Å². The van der Waals surface area contributed by atoms with Crippen LogP contribution in [0.25, 0.3) is 5.65 Å². The smallest absolute Gasteiger partial charge is 0.180 e. The fourth-order valence-electron chi connectivity index (χ4n) is 2.09. The lowest BCUT2D eigenvalue weighted by Crippen LogP contribution is -2.05. The summed E-state index contributed by atoms with van der Waals surface area (Å²) in [4.78, 5) is 8.94.